The van der Waals surface area contributed by atoms with E-state index in [0.717, 1.165) is 12.2 Å². The van der Waals surface area contributed by atoms with Crippen molar-refractivity contribution >= 4 is 10.0 Å². The van der Waals surface area contributed by atoms with Gasteiger partial charge in [-0.3, -0.25) is 0 Å². The van der Waals surface area contributed by atoms with E-state index in [-0.39, 0.29) is 16.2 Å². The van der Waals surface area contributed by atoms with Crippen molar-refractivity contribution in [1.82, 2.24) is 0 Å². The molecule has 0 amide bonds. The second-order valence-electron chi connectivity index (χ2n) is 5.99. The van der Waals surface area contributed by atoms with E-state index < -0.39 is 10.0 Å². The molecule has 1 aromatic rings. The minimum Gasteiger partial charge on any atom is -0.468 e. The molecule has 0 saturated heterocycles. The van der Waals surface area contributed by atoms with Crippen LogP contribution in [0.3, 0.4) is 0 Å². The first-order valence-corrected chi connectivity index (χ1v) is 8.42. The zero-order valence-corrected chi connectivity index (χ0v) is 12.3. The number of furan rings is 1. The Morgan fingerprint density at radius 3 is 2.75 bits per heavy atom. The molecular formula is C15H19NO3S. The van der Waals surface area contributed by atoms with Gasteiger partial charge in [-0.05, 0) is 43.4 Å². The van der Waals surface area contributed by atoms with Gasteiger partial charge in [-0.25, -0.2) is 13.6 Å². The lowest BCUT2D eigenvalue weighted by molar-refractivity contribution is 0.317. The number of hydrogen-bond acceptors (Lipinski definition) is 3. The van der Waals surface area contributed by atoms with Crippen molar-refractivity contribution in [2.75, 3.05) is 0 Å². The number of primary sulfonamides is 1. The molecule has 20 heavy (non-hydrogen) atoms. The molecule has 1 heterocycles. The van der Waals surface area contributed by atoms with Crippen molar-refractivity contribution in [3.63, 3.8) is 0 Å². The molecule has 1 saturated carbocycles. The van der Waals surface area contributed by atoms with Crippen molar-refractivity contribution in [2.24, 2.45) is 17.0 Å². The van der Waals surface area contributed by atoms with Crippen LogP contribution in [0.1, 0.15) is 31.9 Å². The SMILES string of the molecule is CC1(c2ccco2)C=CC(S(N)(=O)=O)=CC1CC1CC1. The molecule has 2 aliphatic rings. The number of hydrogen-bond donors (Lipinski definition) is 1. The molecule has 2 unspecified atom stereocenters. The lowest BCUT2D eigenvalue weighted by atomic mass is 9.70. The van der Waals surface area contributed by atoms with Crippen LogP contribution in [0.25, 0.3) is 0 Å². The Morgan fingerprint density at radius 2 is 2.20 bits per heavy atom. The third-order valence-electron chi connectivity index (χ3n) is 4.39. The summed E-state index contributed by atoms with van der Waals surface area (Å²) in [5.41, 5.74) is -0.305. The second-order valence-corrected chi connectivity index (χ2v) is 7.55. The van der Waals surface area contributed by atoms with Crippen LogP contribution in [-0.2, 0) is 15.4 Å². The molecule has 108 valence electrons. The van der Waals surface area contributed by atoms with Gasteiger partial charge in [0.15, 0.2) is 0 Å². The van der Waals surface area contributed by atoms with Gasteiger partial charge in [-0.1, -0.05) is 25.0 Å². The lowest BCUT2D eigenvalue weighted by Crippen LogP contribution is -2.32. The molecule has 2 atom stereocenters. The molecule has 5 heteroatoms. The first kappa shape index (κ1) is 13.6. The summed E-state index contributed by atoms with van der Waals surface area (Å²) in [6, 6.07) is 3.81. The fourth-order valence-corrected chi connectivity index (χ4v) is 3.48. The first-order valence-electron chi connectivity index (χ1n) is 6.87. The highest BCUT2D eigenvalue weighted by Gasteiger charge is 2.41. The van der Waals surface area contributed by atoms with Crippen molar-refractivity contribution in [3.05, 3.63) is 47.3 Å². The predicted octanol–water partition coefficient (Wildman–Crippen LogP) is 2.70. The maximum Gasteiger partial charge on any atom is 0.237 e. The summed E-state index contributed by atoms with van der Waals surface area (Å²) < 4.78 is 28.7. The summed E-state index contributed by atoms with van der Waals surface area (Å²) in [7, 11) is -3.65. The van der Waals surface area contributed by atoms with Crippen LogP contribution in [0.2, 0.25) is 0 Å². The molecule has 0 aliphatic heterocycles. The third kappa shape index (κ3) is 2.47. The maximum absolute atomic E-state index is 11.6. The highest BCUT2D eigenvalue weighted by Crippen LogP contribution is 2.46. The van der Waals surface area contributed by atoms with Crippen LogP contribution in [0, 0.1) is 11.8 Å². The van der Waals surface area contributed by atoms with Crippen molar-refractivity contribution in [1.29, 1.82) is 0 Å². The molecule has 1 aromatic heterocycles. The van der Waals surface area contributed by atoms with Gasteiger partial charge in [0.05, 0.1) is 16.6 Å². The maximum atomic E-state index is 11.6. The molecule has 2 N–H and O–H groups in total. The normalized spacial score (nSPS) is 30.3. The van der Waals surface area contributed by atoms with Crippen LogP contribution in [0.4, 0.5) is 0 Å². The van der Waals surface area contributed by atoms with E-state index in [1.165, 1.54) is 12.8 Å². The minimum atomic E-state index is -3.65. The quantitative estimate of drug-likeness (QED) is 0.927. The highest BCUT2D eigenvalue weighted by molar-refractivity contribution is 7.93. The average molecular weight is 293 g/mol. The summed E-state index contributed by atoms with van der Waals surface area (Å²) >= 11 is 0. The minimum absolute atomic E-state index is 0.0967. The number of sulfonamides is 1. The average Bonchev–Trinajstić information content (AvgIpc) is 3.01. The van der Waals surface area contributed by atoms with E-state index in [9.17, 15) is 8.42 Å². The van der Waals surface area contributed by atoms with Crippen LogP contribution in [0.5, 0.6) is 0 Å². The smallest absolute Gasteiger partial charge is 0.237 e. The van der Waals surface area contributed by atoms with E-state index in [1.807, 2.05) is 18.2 Å². The molecule has 3 rings (SSSR count). The van der Waals surface area contributed by atoms with Gasteiger partial charge in [-0.2, -0.15) is 0 Å². The lowest BCUT2D eigenvalue weighted by Gasteiger charge is -2.34. The summed E-state index contributed by atoms with van der Waals surface area (Å²) in [5.74, 6) is 1.65. The molecule has 1 fully saturated rings. The van der Waals surface area contributed by atoms with Crippen LogP contribution >= 0.6 is 0 Å². The Balaban J connectivity index is 1.99. The fraction of sp³-hybridized carbons (Fsp3) is 0.467. The largest absolute Gasteiger partial charge is 0.468 e. The standard InChI is InChI=1S/C15H19NO3S/c1-15(14-3-2-8-19-14)7-6-13(20(16,17)18)10-12(15)9-11-4-5-11/h2-3,6-8,10-12H,4-5,9H2,1H3,(H2,16,17,18). The monoisotopic (exact) mass is 293 g/mol. The van der Waals surface area contributed by atoms with Gasteiger partial charge in [0.1, 0.15) is 5.76 Å². The molecular weight excluding hydrogens is 274 g/mol. The highest BCUT2D eigenvalue weighted by atomic mass is 32.2. The summed E-state index contributed by atoms with van der Waals surface area (Å²) in [6.07, 6.45) is 10.4. The van der Waals surface area contributed by atoms with Gasteiger partial charge >= 0.3 is 0 Å². The molecule has 4 nitrogen and oxygen atoms in total. The number of nitrogens with two attached hydrogens (primary N) is 1. The Hall–Kier alpha value is -1.33. The number of allylic oxidation sites excluding steroid dienone is 3. The molecule has 0 radical (unpaired) electrons. The van der Waals surface area contributed by atoms with E-state index in [1.54, 1.807) is 18.4 Å². The van der Waals surface area contributed by atoms with Gasteiger partial charge in [0.25, 0.3) is 0 Å². The Labute approximate surface area is 119 Å². The Bertz CT molecular complexity index is 653. The van der Waals surface area contributed by atoms with E-state index >= 15 is 0 Å². The van der Waals surface area contributed by atoms with E-state index in [4.69, 9.17) is 9.56 Å². The summed E-state index contributed by atoms with van der Waals surface area (Å²) in [6.45, 7) is 2.09. The van der Waals surface area contributed by atoms with Crippen LogP contribution < -0.4 is 5.14 Å². The Morgan fingerprint density at radius 1 is 1.45 bits per heavy atom. The zero-order valence-electron chi connectivity index (χ0n) is 11.5. The van der Waals surface area contributed by atoms with E-state index in [0.29, 0.717) is 5.92 Å². The molecule has 0 bridgehead atoms. The third-order valence-corrected chi connectivity index (χ3v) is 5.32. The summed E-state index contributed by atoms with van der Waals surface area (Å²) in [5, 5.41) is 5.26. The molecule has 2 aliphatic carbocycles. The molecule has 0 aromatic carbocycles. The van der Waals surface area contributed by atoms with Gasteiger partial charge in [0, 0.05) is 0 Å². The molecule has 0 spiro atoms. The van der Waals surface area contributed by atoms with E-state index in [2.05, 4.69) is 6.92 Å². The van der Waals surface area contributed by atoms with Gasteiger partial charge < -0.3 is 4.42 Å². The first-order chi connectivity index (χ1) is 9.39. The topological polar surface area (TPSA) is 73.3 Å². The zero-order chi connectivity index (χ0) is 14.4. The summed E-state index contributed by atoms with van der Waals surface area (Å²) in [4.78, 5) is 0.215. The predicted molar refractivity (Wildman–Crippen MR) is 77.2 cm³/mol. The van der Waals surface area contributed by atoms with Crippen LogP contribution in [0.15, 0.2) is 45.9 Å². The fourth-order valence-electron chi connectivity index (χ4n) is 2.87. The van der Waals surface area contributed by atoms with Crippen molar-refractivity contribution < 1.29 is 12.8 Å². The van der Waals surface area contributed by atoms with Gasteiger partial charge in [0.2, 0.25) is 10.0 Å². The van der Waals surface area contributed by atoms with Gasteiger partial charge in [-0.15, -0.1) is 0 Å². The Kier molecular flexibility index (Phi) is 3.14. The number of rotatable bonds is 4. The van der Waals surface area contributed by atoms with Crippen LogP contribution in [-0.4, -0.2) is 8.42 Å². The second kappa shape index (κ2) is 4.60. The van der Waals surface area contributed by atoms with Crippen molar-refractivity contribution in [3.8, 4) is 0 Å². The van der Waals surface area contributed by atoms with Crippen molar-refractivity contribution in [2.45, 2.75) is 31.6 Å².